The van der Waals surface area contributed by atoms with Crippen LogP contribution in [0.5, 0.6) is 0 Å². The van der Waals surface area contributed by atoms with Crippen LogP contribution >= 0.6 is 0 Å². The summed E-state index contributed by atoms with van der Waals surface area (Å²) in [5.74, 6) is -1.01. The fourth-order valence-corrected chi connectivity index (χ4v) is 4.92. The van der Waals surface area contributed by atoms with Crippen molar-refractivity contribution < 1.29 is 18.7 Å². The minimum absolute atomic E-state index is 0.197. The van der Waals surface area contributed by atoms with Crippen molar-refractivity contribution in [1.82, 2.24) is 9.88 Å². The number of carbonyl (C=O) groups is 2. The van der Waals surface area contributed by atoms with Gasteiger partial charge in [0.05, 0.1) is 17.5 Å². The zero-order chi connectivity index (χ0) is 25.1. The first-order valence-electron chi connectivity index (χ1n) is 12.2. The van der Waals surface area contributed by atoms with Crippen LogP contribution < -0.4 is 0 Å². The lowest BCUT2D eigenvalue weighted by Crippen LogP contribution is -2.42. The zero-order valence-corrected chi connectivity index (χ0v) is 20.1. The van der Waals surface area contributed by atoms with Crippen molar-refractivity contribution in [3.8, 4) is 11.1 Å². The fraction of sp³-hybridized carbons (Fsp3) is 0.233. The van der Waals surface area contributed by atoms with Gasteiger partial charge in [0.1, 0.15) is 12.4 Å². The van der Waals surface area contributed by atoms with Gasteiger partial charge in [-0.05, 0) is 59.4 Å². The molecular weight excluding hydrogens is 455 g/mol. The van der Waals surface area contributed by atoms with Crippen molar-refractivity contribution >= 4 is 22.9 Å². The summed E-state index contributed by atoms with van der Waals surface area (Å²) >= 11 is 0. The number of hydrogen-bond acceptors (Lipinski definition) is 4. The smallest absolute Gasteiger partial charge is 0.417 e. The Morgan fingerprint density at radius 2 is 1.86 bits per heavy atom. The molecule has 0 spiro atoms. The van der Waals surface area contributed by atoms with E-state index in [1.165, 1.54) is 17.0 Å². The predicted molar refractivity (Wildman–Crippen MR) is 137 cm³/mol. The summed E-state index contributed by atoms with van der Waals surface area (Å²) in [6.07, 6.45) is 3.09. The van der Waals surface area contributed by atoms with E-state index in [1.807, 2.05) is 67.6 Å². The second-order valence-electron chi connectivity index (χ2n) is 9.11. The molecule has 1 aliphatic rings. The molecule has 4 aromatic rings. The molecule has 0 N–H and O–H groups in total. The minimum Gasteiger partial charge on any atom is -0.447 e. The highest BCUT2D eigenvalue weighted by molar-refractivity contribution is 5.98. The maximum Gasteiger partial charge on any atom is 0.417 e. The molecule has 0 aliphatic carbocycles. The number of rotatable bonds is 7. The van der Waals surface area contributed by atoms with Crippen LogP contribution in [-0.4, -0.2) is 34.5 Å². The predicted octanol–water partition coefficient (Wildman–Crippen LogP) is 6.51. The van der Waals surface area contributed by atoms with Crippen LogP contribution in [0, 0.1) is 5.82 Å². The summed E-state index contributed by atoms with van der Waals surface area (Å²) in [6.45, 7) is 2.22. The Balaban J connectivity index is 1.42. The number of carbonyl (C=O) groups excluding carboxylic acids is 2. The molecule has 1 fully saturated rings. The van der Waals surface area contributed by atoms with Crippen LogP contribution in [0.1, 0.15) is 36.8 Å². The van der Waals surface area contributed by atoms with Gasteiger partial charge in [-0.3, -0.25) is 9.78 Å². The van der Waals surface area contributed by atoms with Crippen molar-refractivity contribution in [2.45, 2.75) is 38.1 Å². The van der Waals surface area contributed by atoms with Crippen LogP contribution in [0.2, 0.25) is 0 Å². The Morgan fingerprint density at radius 1 is 1.08 bits per heavy atom. The first kappa shape index (κ1) is 23.7. The second kappa shape index (κ2) is 10.3. The molecule has 2 amide bonds. The number of nitrogens with zero attached hydrogens (tertiary/aromatic N) is 2. The van der Waals surface area contributed by atoms with E-state index in [9.17, 15) is 14.0 Å². The summed E-state index contributed by atoms with van der Waals surface area (Å²) in [4.78, 5) is 31.9. The number of benzene rings is 3. The van der Waals surface area contributed by atoms with Crippen molar-refractivity contribution in [2.24, 2.45) is 0 Å². The topological polar surface area (TPSA) is 59.5 Å². The molecule has 0 radical (unpaired) electrons. The van der Waals surface area contributed by atoms with Crippen LogP contribution in [-0.2, 0) is 16.0 Å². The molecule has 1 aliphatic heterocycles. The number of amides is 2. The van der Waals surface area contributed by atoms with Crippen molar-refractivity contribution in [3.63, 3.8) is 0 Å². The van der Waals surface area contributed by atoms with E-state index < -0.39 is 12.0 Å². The Kier molecular flexibility index (Phi) is 6.76. The van der Waals surface area contributed by atoms with Crippen LogP contribution in [0.3, 0.4) is 0 Å². The lowest BCUT2D eigenvalue weighted by molar-refractivity contribution is -0.131. The van der Waals surface area contributed by atoms with Crippen molar-refractivity contribution in [1.29, 1.82) is 0 Å². The van der Waals surface area contributed by atoms with E-state index in [4.69, 9.17) is 4.74 Å². The molecule has 1 saturated heterocycles. The minimum atomic E-state index is -0.580. The largest absolute Gasteiger partial charge is 0.447 e. The van der Waals surface area contributed by atoms with E-state index >= 15 is 0 Å². The number of fused-ring (bicyclic) bond motifs is 1. The molecule has 2 heterocycles. The highest BCUT2D eigenvalue weighted by atomic mass is 19.1. The fourth-order valence-electron chi connectivity index (χ4n) is 4.92. The summed E-state index contributed by atoms with van der Waals surface area (Å²) in [5, 5.41) is 0.731. The number of imide groups is 1. The Labute approximate surface area is 209 Å². The SMILES string of the molecule is CCCC(C(=O)N1C(=O)OCC1Cc1ccccc1)c1ccc(-c2ccnc3ccc(F)cc23)cc1. The van der Waals surface area contributed by atoms with E-state index in [1.54, 1.807) is 12.3 Å². The molecule has 6 heteroatoms. The molecule has 5 rings (SSSR count). The molecule has 2 atom stereocenters. The van der Waals surface area contributed by atoms with E-state index in [0.29, 0.717) is 18.4 Å². The van der Waals surface area contributed by atoms with Gasteiger partial charge in [-0.1, -0.05) is 67.9 Å². The maximum atomic E-state index is 13.9. The Morgan fingerprint density at radius 3 is 2.61 bits per heavy atom. The number of cyclic esters (lactones) is 1. The van der Waals surface area contributed by atoms with Gasteiger partial charge in [0.2, 0.25) is 5.91 Å². The monoisotopic (exact) mass is 482 g/mol. The molecule has 1 aromatic heterocycles. The summed E-state index contributed by atoms with van der Waals surface area (Å²) in [5.41, 5.74) is 4.38. The van der Waals surface area contributed by atoms with E-state index in [-0.39, 0.29) is 24.4 Å². The normalized spacial score (nSPS) is 16.2. The third kappa shape index (κ3) is 4.71. The van der Waals surface area contributed by atoms with Crippen LogP contribution in [0.25, 0.3) is 22.0 Å². The lowest BCUT2D eigenvalue weighted by atomic mass is 9.90. The molecule has 3 aromatic carbocycles. The first-order chi connectivity index (χ1) is 17.5. The van der Waals surface area contributed by atoms with Gasteiger partial charge in [0.25, 0.3) is 0 Å². The highest BCUT2D eigenvalue weighted by Gasteiger charge is 2.40. The first-order valence-corrected chi connectivity index (χ1v) is 12.2. The van der Waals surface area contributed by atoms with Gasteiger partial charge in [-0.25, -0.2) is 14.1 Å². The number of ether oxygens (including phenoxy) is 1. The average Bonchev–Trinajstić information content (AvgIpc) is 3.27. The summed E-state index contributed by atoms with van der Waals surface area (Å²) in [6, 6.07) is 23.6. The Hall–Kier alpha value is -4.06. The van der Waals surface area contributed by atoms with E-state index in [2.05, 4.69) is 4.98 Å². The van der Waals surface area contributed by atoms with Crippen molar-refractivity contribution in [3.05, 3.63) is 102 Å². The third-order valence-electron chi connectivity index (χ3n) is 6.72. The van der Waals surface area contributed by atoms with Gasteiger partial charge >= 0.3 is 6.09 Å². The second-order valence-corrected chi connectivity index (χ2v) is 9.11. The summed E-state index contributed by atoms with van der Waals surface area (Å²) in [7, 11) is 0. The van der Waals surface area contributed by atoms with Crippen LogP contribution in [0.4, 0.5) is 9.18 Å². The number of aromatic nitrogens is 1. The average molecular weight is 483 g/mol. The molecule has 5 nitrogen and oxygen atoms in total. The summed E-state index contributed by atoms with van der Waals surface area (Å²) < 4.78 is 19.2. The van der Waals surface area contributed by atoms with E-state index in [0.717, 1.165) is 34.1 Å². The lowest BCUT2D eigenvalue weighted by Gasteiger charge is -2.25. The standard InChI is InChI=1S/C30H27FN2O3/c1-2-6-26(29(34)33-24(19-36-30(33)35)17-20-7-4-3-5-8-20)22-11-9-21(10-12-22)25-15-16-32-28-14-13-23(31)18-27(25)28/h3-5,7-16,18,24,26H,2,6,17,19H2,1H3. The number of pyridine rings is 1. The maximum absolute atomic E-state index is 13.9. The van der Waals surface area contributed by atoms with Crippen LogP contribution in [0.15, 0.2) is 85.1 Å². The molecule has 0 saturated carbocycles. The number of hydrogen-bond donors (Lipinski definition) is 0. The quantitative estimate of drug-likeness (QED) is 0.301. The van der Waals surface area contributed by atoms with Gasteiger partial charge in [-0.15, -0.1) is 0 Å². The van der Waals surface area contributed by atoms with Crippen molar-refractivity contribution in [2.75, 3.05) is 6.61 Å². The van der Waals surface area contributed by atoms with Gasteiger partial charge < -0.3 is 4.74 Å². The Bertz CT molecular complexity index is 1390. The molecule has 2 unspecified atom stereocenters. The molecular formula is C30H27FN2O3. The zero-order valence-electron chi connectivity index (χ0n) is 20.1. The molecule has 182 valence electrons. The van der Waals surface area contributed by atoms with Gasteiger partial charge in [-0.2, -0.15) is 0 Å². The molecule has 0 bridgehead atoms. The molecule has 36 heavy (non-hydrogen) atoms. The van der Waals surface area contributed by atoms with Gasteiger partial charge in [0.15, 0.2) is 0 Å². The highest BCUT2D eigenvalue weighted by Crippen LogP contribution is 2.32. The third-order valence-corrected chi connectivity index (χ3v) is 6.72. The van der Waals surface area contributed by atoms with Gasteiger partial charge in [0, 0.05) is 11.6 Å². The number of halogens is 1.